The molecular formula is C16H16N2S3. The summed E-state index contributed by atoms with van der Waals surface area (Å²) in [5.74, 6) is 0. The largest absolute Gasteiger partial charge is 0.192 e. The van der Waals surface area contributed by atoms with E-state index in [1.165, 1.54) is 28.0 Å². The van der Waals surface area contributed by atoms with Crippen molar-refractivity contribution in [2.75, 3.05) is 0 Å². The van der Waals surface area contributed by atoms with Crippen LogP contribution in [-0.2, 0) is 6.42 Å². The smallest absolute Gasteiger partial charge is 0.147 e. The molecule has 2 nitrogen and oxygen atoms in total. The molecule has 1 aromatic heterocycles. The van der Waals surface area contributed by atoms with Gasteiger partial charge in [-0.15, -0.1) is 11.3 Å². The number of thiophene rings is 1. The maximum absolute atomic E-state index is 9.16. The molecule has 0 aliphatic carbocycles. The van der Waals surface area contributed by atoms with E-state index >= 15 is 0 Å². The molecule has 1 aromatic rings. The van der Waals surface area contributed by atoms with E-state index in [0.29, 0.717) is 0 Å². The summed E-state index contributed by atoms with van der Waals surface area (Å²) in [5, 5.41) is 22.4. The number of aryl methyl sites for hydroxylation is 1. The van der Waals surface area contributed by atoms with Gasteiger partial charge in [-0.25, -0.2) is 0 Å². The molecule has 0 saturated carbocycles. The number of thioether (sulfide) groups is 2. The van der Waals surface area contributed by atoms with Crippen molar-refractivity contribution in [3.8, 4) is 12.1 Å². The van der Waals surface area contributed by atoms with E-state index in [0.717, 1.165) is 22.9 Å². The minimum Gasteiger partial charge on any atom is -0.192 e. The van der Waals surface area contributed by atoms with Crippen molar-refractivity contribution in [2.24, 2.45) is 0 Å². The van der Waals surface area contributed by atoms with Gasteiger partial charge in [-0.05, 0) is 35.3 Å². The highest BCUT2D eigenvalue weighted by Gasteiger charge is 2.10. The van der Waals surface area contributed by atoms with Gasteiger partial charge in [0, 0.05) is 4.53 Å². The Kier molecular flexibility index (Phi) is 6.45. The van der Waals surface area contributed by atoms with E-state index in [1.807, 2.05) is 12.1 Å². The SMILES string of the molecule is CCCCCCc1cc(=C2SC=CS2)sc1=C(C#N)C#N. The number of rotatable bonds is 5. The Bertz CT molecular complexity index is 703. The zero-order chi connectivity index (χ0) is 15.1. The molecule has 108 valence electrons. The molecule has 0 amide bonds. The van der Waals surface area contributed by atoms with Gasteiger partial charge in [-0.3, -0.25) is 0 Å². The van der Waals surface area contributed by atoms with Gasteiger partial charge >= 0.3 is 0 Å². The highest BCUT2D eigenvalue weighted by atomic mass is 32.2. The molecule has 0 bridgehead atoms. The Morgan fingerprint density at radius 3 is 2.43 bits per heavy atom. The monoisotopic (exact) mass is 332 g/mol. The van der Waals surface area contributed by atoms with Crippen LogP contribution in [-0.4, -0.2) is 0 Å². The van der Waals surface area contributed by atoms with Crippen molar-refractivity contribution in [3.05, 3.63) is 31.5 Å². The van der Waals surface area contributed by atoms with E-state index in [-0.39, 0.29) is 5.57 Å². The van der Waals surface area contributed by atoms with E-state index in [4.69, 9.17) is 10.5 Å². The predicted molar refractivity (Wildman–Crippen MR) is 93.8 cm³/mol. The van der Waals surface area contributed by atoms with Crippen LogP contribution in [0.25, 0.3) is 9.81 Å². The molecular weight excluding hydrogens is 316 g/mol. The lowest BCUT2D eigenvalue weighted by atomic mass is 10.1. The molecule has 2 heterocycles. The van der Waals surface area contributed by atoms with Crippen LogP contribution < -0.4 is 9.06 Å². The third-order valence-electron chi connectivity index (χ3n) is 3.17. The fourth-order valence-electron chi connectivity index (χ4n) is 2.12. The van der Waals surface area contributed by atoms with Crippen LogP contribution in [0, 0.1) is 22.7 Å². The van der Waals surface area contributed by atoms with Crippen LogP contribution in [0.1, 0.15) is 38.2 Å². The summed E-state index contributed by atoms with van der Waals surface area (Å²) in [6, 6.07) is 6.25. The lowest BCUT2D eigenvalue weighted by Crippen LogP contribution is -2.05. The molecule has 21 heavy (non-hydrogen) atoms. The van der Waals surface area contributed by atoms with Crippen LogP contribution >= 0.6 is 34.9 Å². The van der Waals surface area contributed by atoms with E-state index in [1.54, 1.807) is 34.9 Å². The van der Waals surface area contributed by atoms with E-state index in [2.05, 4.69) is 23.8 Å². The van der Waals surface area contributed by atoms with Gasteiger partial charge in [0.1, 0.15) is 17.7 Å². The summed E-state index contributed by atoms with van der Waals surface area (Å²) in [7, 11) is 0. The van der Waals surface area contributed by atoms with Crippen LogP contribution in [0.5, 0.6) is 0 Å². The number of nitrogens with zero attached hydrogens (tertiary/aromatic N) is 2. The molecule has 1 aliphatic heterocycles. The van der Waals surface area contributed by atoms with Crippen LogP contribution in [0.4, 0.5) is 0 Å². The Morgan fingerprint density at radius 1 is 1.10 bits per heavy atom. The maximum Gasteiger partial charge on any atom is 0.147 e. The summed E-state index contributed by atoms with van der Waals surface area (Å²) >= 11 is 5.00. The van der Waals surface area contributed by atoms with Crippen molar-refractivity contribution in [1.29, 1.82) is 10.5 Å². The van der Waals surface area contributed by atoms with Gasteiger partial charge in [0.2, 0.25) is 0 Å². The van der Waals surface area contributed by atoms with Gasteiger partial charge in [0.05, 0.1) is 8.77 Å². The van der Waals surface area contributed by atoms with Gasteiger partial charge < -0.3 is 0 Å². The van der Waals surface area contributed by atoms with Crippen molar-refractivity contribution in [1.82, 2.24) is 0 Å². The van der Waals surface area contributed by atoms with Gasteiger partial charge in [0.15, 0.2) is 0 Å². The average molecular weight is 333 g/mol. The molecule has 0 atom stereocenters. The molecule has 0 unspecified atom stereocenters. The molecule has 5 heteroatoms. The van der Waals surface area contributed by atoms with Crippen molar-refractivity contribution in [3.63, 3.8) is 0 Å². The first-order valence-electron chi connectivity index (χ1n) is 6.96. The lowest BCUT2D eigenvalue weighted by Gasteiger charge is -1.98. The summed E-state index contributed by atoms with van der Waals surface area (Å²) in [5.41, 5.74) is 1.41. The Labute approximate surface area is 137 Å². The van der Waals surface area contributed by atoms with Crippen molar-refractivity contribution < 1.29 is 0 Å². The standard InChI is InChI=1S/C16H16N2S3/c1-2-3-4-5-6-12-9-14(16-19-7-8-20-16)21-15(12)13(10-17)11-18/h7-9H,2-6H2,1H3. The first-order valence-corrected chi connectivity index (χ1v) is 9.53. The molecule has 0 N–H and O–H groups in total. The number of hydrogen-bond donors (Lipinski definition) is 0. The highest BCUT2D eigenvalue weighted by molar-refractivity contribution is 8.34. The molecule has 0 saturated heterocycles. The Hall–Kier alpha value is -1.14. The summed E-state index contributed by atoms with van der Waals surface area (Å²) in [6.07, 6.45) is 5.74. The minimum absolute atomic E-state index is 0.248. The maximum atomic E-state index is 9.16. The highest BCUT2D eigenvalue weighted by Crippen LogP contribution is 2.38. The molecule has 0 aromatic carbocycles. The zero-order valence-corrected chi connectivity index (χ0v) is 14.3. The summed E-state index contributed by atoms with van der Waals surface area (Å²) in [4.78, 5) is 0. The van der Waals surface area contributed by atoms with E-state index in [9.17, 15) is 0 Å². The Balaban J connectivity index is 2.39. The normalized spacial score (nSPS) is 13.2. The second kappa shape index (κ2) is 8.34. The van der Waals surface area contributed by atoms with E-state index < -0.39 is 0 Å². The van der Waals surface area contributed by atoms with Crippen molar-refractivity contribution >= 4 is 44.7 Å². The molecule has 0 radical (unpaired) electrons. The zero-order valence-electron chi connectivity index (χ0n) is 11.9. The molecule has 0 fully saturated rings. The van der Waals surface area contributed by atoms with Gasteiger partial charge in [-0.1, -0.05) is 49.7 Å². The topological polar surface area (TPSA) is 47.6 Å². The lowest BCUT2D eigenvalue weighted by molar-refractivity contribution is 0.666. The van der Waals surface area contributed by atoms with Crippen molar-refractivity contribution in [2.45, 2.75) is 39.0 Å². The molecule has 0 spiro atoms. The van der Waals surface area contributed by atoms with Gasteiger partial charge in [-0.2, -0.15) is 10.5 Å². The first-order chi connectivity index (χ1) is 10.3. The average Bonchev–Trinajstić information content (AvgIpc) is 3.15. The molecule has 2 rings (SSSR count). The predicted octanol–water partition coefficient (Wildman–Crippen LogP) is 4.09. The second-order valence-electron chi connectivity index (χ2n) is 4.67. The number of hydrogen-bond acceptors (Lipinski definition) is 5. The fraction of sp³-hybridized carbons (Fsp3) is 0.375. The third kappa shape index (κ3) is 4.17. The second-order valence-corrected chi connectivity index (χ2v) is 7.81. The summed E-state index contributed by atoms with van der Waals surface area (Å²) in [6.45, 7) is 2.20. The Morgan fingerprint density at radius 2 is 1.81 bits per heavy atom. The summed E-state index contributed by atoms with van der Waals surface area (Å²) < 4.78 is 3.29. The quantitative estimate of drug-likeness (QED) is 0.762. The number of unbranched alkanes of at least 4 members (excludes halogenated alkanes) is 3. The van der Waals surface area contributed by atoms with Crippen LogP contribution in [0.15, 0.2) is 16.9 Å². The van der Waals surface area contributed by atoms with Crippen LogP contribution in [0.2, 0.25) is 0 Å². The first kappa shape index (κ1) is 16.2. The van der Waals surface area contributed by atoms with Gasteiger partial charge in [0.25, 0.3) is 0 Å². The minimum atomic E-state index is 0.248. The fourth-order valence-corrected chi connectivity index (χ4v) is 5.24. The van der Waals surface area contributed by atoms with Crippen LogP contribution in [0.3, 0.4) is 0 Å². The number of nitriles is 2. The molecule has 1 aliphatic rings. The third-order valence-corrected chi connectivity index (χ3v) is 6.80.